The second kappa shape index (κ2) is 7.18. The van der Waals surface area contributed by atoms with Crippen molar-refractivity contribution < 1.29 is 0 Å². The molecular formula is C16H26N4S. The van der Waals surface area contributed by atoms with Gasteiger partial charge in [0.15, 0.2) is 0 Å². The molecule has 1 aromatic rings. The first kappa shape index (κ1) is 16.2. The minimum atomic E-state index is 0.164. The lowest BCUT2D eigenvalue weighted by molar-refractivity contribution is 0.248. The average Bonchev–Trinajstić information content (AvgIpc) is 2.46. The summed E-state index contributed by atoms with van der Waals surface area (Å²) in [7, 11) is 4.31. The Hall–Kier alpha value is -1.20. The van der Waals surface area contributed by atoms with E-state index in [1.807, 2.05) is 0 Å². The maximum Gasteiger partial charge on any atom is 0.126 e. The summed E-state index contributed by atoms with van der Waals surface area (Å²) >= 11 is 1.75. The number of amidine groups is 1. The molecule has 1 fully saturated rings. The van der Waals surface area contributed by atoms with Gasteiger partial charge >= 0.3 is 0 Å². The monoisotopic (exact) mass is 306 g/mol. The molecule has 1 aliphatic rings. The molecule has 0 radical (unpaired) electrons. The largest absolute Gasteiger partial charge is 0.384 e. The van der Waals surface area contributed by atoms with E-state index < -0.39 is 0 Å². The number of nitrogens with two attached hydrogens (primary N) is 1. The number of nitrogens with one attached hydrogen (secondary N) is 1. The molecular weight excluding hydrogens is 280 g/mol. The van der Waals surface area contributed by atoms with Crippen LogP contribution in [0.3, 0.4) is 0 Å². The molecule has 5 heteroatoms. The van der Waals surface area contributed by atoms with E-state index in [4.69, 9.17) is 11.1 Å². The number of benzene rings is 1. The van der Waals surface area contributed by atoms with E-state index in [2.05, 4.69) is 49.0 Å². The maximum atomic E-state index is 7.97. The van der Waals surface area contributed by atoms with Crippen LogP contribution in [-0.2, 0) is 0 Å². The SMILES string of the molecule is CCSc1cccc(N(C)C2CCCN(C)C2)c1C(=N)N. The number of anilines is 1. The van der Waals surface area contributed by atoms with Crippen LogP contribution in [0.25, 0.3) is 0 Å². The van der Waals surface area contributed by atoms with Crippen molar-refractivity contribution in [3.8, 4) is 0 Å². The fourth-order valence-corrected chi connectivity index (χ4v) is 3.86. The predicted molar refractivity (Wildman–Crippen MR) is 92.8 cm³/mol. The van der Waals surface area contributed by atoms with E-state index in [0.717, 1.165) is 28.4 Å². The van der Waals surface area contributed by atoms with Crippen molar-refractivity contribution in [2.24, 2.45) is 5.73 Å². The number of likely N-dealkylation sites (N-methyl/N-ethyl adjacent to an activating group) is 2. The van der Waals surface area contributed by atoms with Gasteiger partial charge < -0.3 is 15.5 Å². The lowest BCUT2D eigenvalue weighted by Crippen LogP contribution is -2.45. The molecule has 1 heterocycles. The maximum absolute atomic E-state index is 7.97. The predicted octanol–water partition coefficient (Wildman–Crippen LogP) is 2.61. The minimum absolute atomic E-state index is 0.164. The summed E-state index contributed by atoms with van der Waals surface area (Å²) in [5.74, 6) is 1.15. The molecule has 4 nitrogen and oxygen atoms in total. The number of piperidine rings is 1. The van der Waals surface area contributed by atoms with Crippen molar-refractivity contribution in [3.63, 3.8) is 0 Å². The highest BCUT2D eigenvalue weighted by atomic mass is 32.2. The highest BCUT2D eigenvalue weighted by Gasteiger charge is 2.24. The first-order chi connectivity index (χ1) is 10.0. The van der Waals surface area contributed by atoms with Gasteiger partial charge in [0.25, 0.3) is 0 Å². The van der Waals surface area contributed by atoms with Crippen LogP contribution in [-0.4, -0.2) is 49.7 Å². The van der Waals surface area contributed by atoms with Gasteiger partial charge in [-0.3, -0.25) is 5.41 Å². The van der Waals surface area contributed by atoms with E-state index in [-0.39, 0.29) is 5.84 Å². The Morgan fingerprint density at radius 2 is 2.29 bits per heavy atom. The van der Waals surface area contributed by atoms with Gasteiger partial charge in [0, 0.05) is 30.2 Å². The molecule has 116 valence electrons. The van der Waals surface area contributed by atoms with Gasteiger partial charge in [-0.25, -0.2) is 0 Å². The first-order valence-corrected chi connectivity index (χ1v) is 8.54. The van der Waals surface area contributed by atoms with Crippen LogP contribution in [0.2, 0.25) is 0 Å². The van der Waals surface area contributed by atoms with Crippen molar-refractivity contribution in [3.05, 3.63) is 23.8 Å². The second-order valence-electron chi connectivity index (χ2n) is 5.67. The van der Waals surface area contributed by atoms with Gasteiger partial charge in [0.1, 0.15) is 5.84 Å². The van der Waals surface area contributed by atoms with Crippen LogP contribution >= 0.6 is 11.8 Å². The van der Waals surface area contributed by atoms with Crippen LogP contribution in [0.4, 0.5) is 5.69 Å². The van der Waals surface area contributed by atoms with Crippen molar-refractivity contribution >= 4 is 23.3 Å². The van der Waals surface area contributed by atoms with Crippen molar-refractivity contribution in [2.45, 2.75) is 30.7 Å². The fraction of sp³-hybridized carbons (Fsp3) is 0.562. The van der Waals surface area contributed by atoms with Crippen LogP contribution in [0, 0.1) is 5.41 Å². The molecule has 0 aromatic heterocycles. The summed E-state index contributed by atoms with van der Waals surface area (Å²) in [4.78, 5) is 5.80. The molecule has 21 heavy (non-hydrogen) atoms. The molecule has 2 rings (SSSR count). The molecule has 1 saturated heterocycles. The van der Waals surface area contributed by atoms with Gasteiger partial charge in [0.05, 0.1) is 5.56 Å². The van der Waals surface area contributed by atoms with Crippen LogP contribution in [0.1, 0.15) is 25.3 Å². The average molecular weight is 306 g/mol. The third-order valence-corrected chi connectivity index (χ3v) is 5.04. The molecule has 0 saturated carbocycles. The summed E-state index contributed by atoms with van der Waals surface area (Å²) in [5, 5.41) is 7.97. The van der Waals surface area contributed by atoms with Gasteiger partial charge in [-0.2, -0.15) is 0 Å². The summed E-state index contributed by atoms with van der Waals surface area (Å²) in [6, 6.07) is 6.71. The molecule has 0 amide bonds. The normalized spacial score (nSPS) is 19.5. The third kappa shape index (κ3) is 3.71. The Labute approximate surface area is 132 Å². The van der Waals surface area contributed by atoms with Crippen LogP contribution in [0.5, 0.6) is 0 Å². The zero-order valence-electron chi connectivity index (χ0n) is 13.2. The second-order valence-corrected chi connectivity index (χ2v) is 6.97. The minimum Gasteiger partial charge on any atom is -0.384 e. The molecule has 1 unspecified atom stereocenters. The standard InChI is InChI=1S/C16H26N4S/c1-4-21-14-9-5-8-13(15(14)16(17)18)20(3)12-7-6-10-19(2)11-12/h5,8-9,12H,4,6-7,10-11H2,1-3H3,(H3,17,18). The zero-order valence-corrected chi connectivity index (χ0v) is 14.0. The number of likely N-dealkylation sites (tertiary alicyclic amines) is 1. The summed E-state index contributed by atoms with van der Waals surface area (Å²) in [5.41, 5.74) is 7.85. The first-order valence-electron chi connectivity index (χ1n) is 7.56. The number of hydrogen-bond donors (Lipinski definition) is 2. The van der Waals surface area contributed by atoms with Crippen molar-refractivity contribution in [1.29, 1.82) is 5.41 Å². The number of nitrogen functional groups attached to an aromatic ring is 1. The van der Waals surface area contributed by atoms with Gasteiger partial charge in [-0.15, -0.1) is 11.8 Å². The third-order valence-electron chi connectivity index (χ3n) is 4.10. The Balaban J connectivity index is 2.33. The molecule has 1 atom stereocenters. The summed E-state index contributed by atoms with van der Waals surface area (Å²) < 4.78 is 0. The van der Waals surface area contributed by atoms with Crippen LogP contribution < -0.4 is 10.6 Å². The van der Waals surface area contributed by atoms with E-state index in [1.165, 1.54) is 19.4 Å². The smallest absolute Gasteiger partial charge is 0.126 e. The summed E-state index contributed by atoms with van der Waals surface area (Å²) in [6.45, 7) is 4.37. The molecule has 0 bridgehead atoms. The number of rotatable bonds is 5. The number of thioether (sulfide) groups is 1. The highest BCUT2D eigenvalue weighted by molar-refractivity contribution is 7.99. The Kier molecular flexibility index (Phi) is 5.53. The summed E-state index contributed by atoms with van der Waals surface area (Å²) in [6.07, 6.45) is 2.42. The van der Waals surface area contributed by atoms with Gasteiger partial charge in [0.2, 0.25) is 0 Å². The fourth-order valence-electron chi connectivity index (χ4n) is 3.01. The lowest BCUT2D eigenvalue weighted by Gasteiger charge is -2.38. The molecule has 0 spiro atoms. The quantitative estimate of drug-likeness (QED) is 0.499. The Morgan fingerprint density at radius 1 is 1.52 bits per heavy atom. The van der Waals surface area contributed by atoms with Crippen molar-refractivity contribution in [2.75, 3.05) is 37.8 Å². The Morgan fingerprint density at radius 3 is 2.90 bits per heavy atom. The lowest BCUT2D eigenvalue weighted by atomic mass is 10.0. The number of hydrogen-bond acceptors (Lipinski definition) is 4. The van der Waals surface area contributed by atoms with Gasteiger partial charge in [-0.05, 0) is 44.3 Å². The number of nitrogens with zero attached hydrogens (tertiary/aromatic N) is 2. The zero-order chi connectivity index (χ0) is 15.4. The van der Waals surface area contributed by atoms with E-state index in [9.17, 15) is 0 Å². The van der Waals surface area contributed by atoms with E-state index in [0.29, 0.717) is 6.04 Å². The molecule has 0 aliphatic carbocycles. The molecule has 3 N–H and O–H groups in total. The van der Waals surface area contributed by atoms with E-state index >= 15 is 0 Å². The highest BCUT2D eigenvalue weighted by Crippen LogP contribution is 2.32. The van der Waals surface area contributed by atoms with Gasteiger partial charge in [-0.1, -0.05) is 13.0 Å². The van der Waals surface area contributed by atoms with Crippen LogP contribution in [0.15, 0.2) is 23.1 Å². The topological polar surface area (TPSA) is 56.4 Å². The van der Waals surface area contributed by atoms with Crippen molar-refractivity contribution in [1.82, 2.24) is 4.90 Å². The molecule has 1 aromatic carbocycles. The Bertz CT molecular complexity index is 503. The molecule has 1 aliphatic heterocycles. The van der Waals surface area contributed by atoms with E-state index in [1.54, 1.807) is 11.8 Å².